The maximum Gasteiger partial charge on any atom is 0.272 e. The summed E-state index contributed by atoms with van der Waals surface area (Å²) in [5.74, 6) is 0.115. The zero-order valence-electron chi connectivity index (χ0n) is 7.95. The van der Waals surface area contributed by atoms with E-state index >= 15 is 0 Å². The number of imidazole rings is 1. The van der Waals surface area contributed by atoms with Crippen LogP contribution in [0.5, 0.6) is 0 Å². The van der Waals surface area contributed by atoms with E-state index in [1.807, 2.05) is 18.9 Å². The second-order valence-corrected chi connectivity index (χ2v) is 3.44. The van der Waals surface area contributed by atoms with Crippen LogP contribution in [0.3, 0.4) is 0 Å². The van der Waals surface area contributed by atoms with Crippen molar-refractivity contribution in [2.45, 2.75) is 13.3 Å². The number of likely N-dealkylation sites (tertiary alicyclic amines) is 1. The summed E-state index contributed by atoms with van der Waals surface area (Å²) in [7, 11) is 1.85. The average molecular weight is 179 g/mol. The Labute approximate surface area is 77.2 Å². The van der Waals surface area contributed by atoms with Crippen molar-refractivity contribution in [2.24, 2.45) is 7.05 Å². The average Bonchev–Trinajstić information content (AvgIpc) is 2.27. The molecule has 0 radical (unpaired) electrons. The Balaban J connectivity index is 2.28. The van der Waals surface area contributed by atoms with Gasteiger partial charge in [0.05, 0.1) is 12.0 Å². The molecule has 0 spiro atoms. The van der Waals surface area contributed by atoms with Crippen molar-refractivity contribution in [3.05, 3.63) is 17.7 Å². The van der Waals surface area contributed by atoms with Crippen molar-refractivity contribution in [1.29, 1.82) is 0 Å². The van der Waals surface area contributed by atoms with E-state index in [1.165, 1.54) is 0 Å². The summed E-state index contributed by atoms with van der Waals surface area (Å²) in [4.78, 5) is 17.7. The number of aryl methyl sites for hydroxylation is 2. The minimum Gasteiger partial charge on any atom is -0.337 e. The molecule has 0 bridgehead atoms. The molecule has 1 aromatic heterocycles. The van der Waals surface area contributed by atoms with Gasteiger partial charge in [-0.25, -0.2) is 4.98 Å². The third-order valence-corrected chi connectivity index (χ3v) is 2.47. The van der Waals surface area contributed by atoms with Crippen LogP contribution in [0, 0.1) is 6.92 Å². The van der Waals surface area contributed by atoms with Crippen LogP contribution < -0.4 is 0 Å². The van der Waals surface area contributed by atoms with Gasteiger partial charge < -0.3 is 9.47 Å². The van der Waals surface area contributed by atoms with Crippen molar-refractivity contribution in [1.82, 2.24) is 14.5 Å². The number of carbonyl (C=O) groups is 1. The number of amides is 1. The Kier molecular flexibility index (Phi) is 1.83. The lowest BCUT2D eigenvalue weighted by Crippen LogP contribution is -2.42. The SMILES string of the molecule is Cc1ncn(C)c1C(=O)N1CCC1. The standard InChI is InChI=1S/C9H13N3O/c1-7-8(11(2)6-10-7)9(13)12-4-3-5-12/h6H,3-5H2,1-2H3. The first-order chi connectivity index (χ1) is 6.20. The molecular weight excluding hydrogens is 166 g/mol. The Morgan fingerprint density at radius 1 is 1.54 bits per heavy atom. The molecule has 4 heteroatoms. The molecule has 2 heterocycles. The summed E-state index contributed by atoms with van der Waals surface area (Å²) in [5, 5.41) is 0. The smallest absolute Gasteiger partial charge is 0.272 e. The summed E-state index contributed by atoms with van der Waals surface area (Å²) in [6.07, 6.45) is 2.81. The minimum absolute atomic E-state index is 0.115. The fourth-order valence-corrected chi connectivity index (χ4v) is 1.52. The quantitative estimate of drug-likeness (QED) is 0.632. The van der Waals surface area contributed by atoms with E-state index in [1.54, 1.807) is 10.9 Å². The van der Waals surface area contributed by atoms with Crippen LogP contribution in [-0.4, -0.2) is 33.4 Å². The molecule has 1 saturated heterocycles. The molecule has 1 aliphatic heterocycles. The Bertz CT molecular complexity index is 319. The summed E-state index contributed by atoms with van der Waals surface area (Å²) < 4.78 is 1.79. The second kappa shape index (κ2) is 2.87. The predicted molar refractivity (Wildman–Crippen MR) is 48.5 cm³/mol. The molecule has 0 aliphatic carbocycles. The third kappa shape index (κ3) is 1.22. The number of hydrogen-bond donors (Lipinski definition) is 0. The van der Waals surface area contributed by atoms with Gasteiger partial charge in [-0.3, -0.25) is 4.79 Å². The summed E-state index contributed by atoms with van der Waals surface area (Å²) in [6.45, 7) is 3.65. The van der Waals surface area contributed by atoms with Crippen LogP contribution in [0.15, 0.2) is 6.33 Å². The summed E-state index contributed by atoms with van der Waals surface area (Å²) in [6, 6.07) is 0. The van der Waals surface area contributed by atoms with Crippen molar-refractivity contribution < 1.29 is 4.79 Å². The van der Waals surface area contributed by atoms with E-state index in [-0.39, 0.29) is 5.91 Å². The first-order valence-corrected chi connectivity index (χ1v) is 4.47. The highest BCUT2D eigenvalue weighted by molar-refractivity contribution is 5.94. The van der Waals surface area contributed by atoms with Gasteiger partial charge in [0.25, 0.3) is 5.91 Å². The number of nitrogens with zero attached hydrogens (tertiary/aromatic N) is 3. The number of hydrogen-bond acceptors (Lipinski definition) is 2. The molecule has 0 atom stereocenters. The van der Waals surface area contributed by atoms with Crippen LogP contribution >= 0.6 is 0 Å². The van der Waals surface area contributed by atoms with Gasteiger partial charge in [-0.1, -0.05) is 0 Å². The Morgan fingerprint density at radius 3 is 2.62 bits per heavy atom. The van der Waals surface area contributed by atoms with Crippen LogP contribution in [0.25, 0.3) is 0 Å². The van der Waals surface area contributed by atoms with Crippen LogP contribution in [0.4, 0.5) is 0 Å². The van der Waals surface area contributed by atoms with Crippen molar-refractivity contribution >= 4 is 5.91 Å². The maximum absolute atomic E-state index is 11.8. The first-order valence-electron chi connectivity index (χ1n) is 4.47. The second-order valence-electron chi connectivity index (χ2n) is 3.44. The van der Waals surface area contributed by atoms with Gasteiger partial charge in [-0.15, -0.1) is 0 Å². The molecule has 1 aromatic rings. The summed E-state index contributed by atoms with van der Waals surface area (Å²) >= 11 is 0. The first kappa shape index (κ1) is 8.29. The molecule has 1 fully saturated rings. The summed E-state index contributed by atoms with van der Waals surface area (Å²) in [5.41, 5.74) is 1.54. The van der Waals surface area contributed by atoms with E-state index in [4.69, 9.17) is 0 Å². The lowest BCUT2D eigenvalue weighted by molar-refractivity contribution is 0.0641. The van der Waals surface area contributed by atoms with E-state index in [0.29, 0.717) is 0 Å². The van der Waals surface area contributed by atoms with Gasteiger partial charge in [0.15, 0.2) is 0 Å². The van der Waals surface area contributed by atoms with Crippen LogP contribution in [0.1, 0.15) is 22.6 Å². The molecule has 1 amide bonds. The van der Waals surface area contributed by atoms with Crippen LogP contribution in [-0.2, 0) is 7.05 Å². The van der Waals surface area contributed by atoms with Gasteiger partial charge in [-0.2, -0.15) is 0 Å². The van der Waals surface area contributed by atoms with Crippen molar-refractivity contribution in [2.75, 3.05) is 13.1 Å². The molecule has 1 aliphatic rings. The zero-order chi connectivity index (χ0) is 9.42. The van der Waals surface area contributed by atoms with Crippen molar-refractivity contribution in [3.8, 4) is 0 Å². The highest BCUT2D eigenvalue weighted by Crippen LogP contribution is 2.14. The molecule has 0 N–H and O–H groups in total. The fraction of sp³-hybridized carbons (Fsp3) is 0.556. The van der Waals surface area contributed by atoms with Crippen LogP contribution in [0.2, 0.25) is 0 Å². The van der Waals surface area contributed by atoms with Gasteiger partial charge in [0.1, 0.15) is 5.69 Å². The van der Waals surface area contributed by atoms with E-state index in [0.717, 1.165) is 30.9 Å². The predicted octanol–water partition coefficient (Wildman–Crippen LogP) is 0.574. The van der Waals surface area contributed by atoms with Gasteiger partial charge in [0.2, 0.25) is 0 Å². The number of carbonyl (C=O) groups excluding carboxylic acids is 1. The number of rotatable bonds is 1. The molecule has 4 nitrogen and oxygen atoms in total. The molecule has 0 saturated carbocycles. The largest absolute Gasteiger partial charge is 0.337 e. The maximum atomic E-state index is 11.8. The number of aromatic nitrogens is 2. The Morgan fingerprint density at radius 2 is 2.23 bits per heavy atom. The van der Waals surface area contributed by atoms with E-state index in [2.05, 4.69) is 4.98 Å². The lowest BCUT2D eigenvalue weighted by Gasteiger charge is -2.30. The Hall–Kier alpha value is -1.32. The molecule has 0 unspecified atom stereocenters. The molecule has 13 heavy (non-hydrogen) atoms. The molecule has 70 valence electrons. The monoisotopic (exact) mass is 179 g/mol. The highest BCUT2D eigenvalue weighted by Gasteiger charge is 2.25. The van der Waals surface area contributed by atoms with Gasteiger partial charge in [-0.05, 0) is 13.3 Å². The molecular formula is C9H13N3O. The third-order valence-electron chi connectivity index (χ3n) is 2.47. The molecule has 0 aromatic carbocycles. The zero-order valence-corrected chi connectivity index (χ0v) is 7.95. The van der Waals surface area contributed by atoms with E-state index in [9.17, 15) is 4.79 Å². The van der Waals surface area contributed by atoms with Gasteiger partial charge in [0, 0.05) is 20.1 Å². The normalized spacial score (nSPS) is 15.7. The fourth-order valence-electron chi connectivity index (χ4n) is 1.52. The lowest BCUT2D eigenvalue weighted by atomic mass is 10.2. The highest BCUT2D eigenvalue weighted by atomic mass is 16.2. The topological polar surface area (TPSA) is 38.1 Å². The van der Waals surface area contributed by atoms with Crippen molar-refractivity contribution in [3.63, 3.8) is 0 Å². The van der Waals surface area contributed by atoms with E-state index < -0.39 is 0 Å². The minimum atomic E-state index is 0.115. The van der Waals surface area contributed by atoms with Gasteiger partial charge >= 0.3 is 0 Å². The molecule has 2 rings (SSSR count).